The molecule has 12 heteroatoms. The van der Waals surface area contributed by atoms with E-state index >= 15 is 0 Å². The van der Waals surface area contributed by atoms with Crippen molar-refractivity contribution in [3.05, 3.63) is 11.5 Å². The van der Waals surface area contributed by atoms with Gasteiger partial charge in [0, 0.05) is 13.3 Å². The molecule has 0 spiro atoms. The normalized spacial score (nSPS) is 40.7. The number of carbonyl (C=O) groups excluding carboxylic acids is 1. The summed E-state index contributed by atoms with van der Waals surface area (Å²) in [5.74, 6) is -7.55. The van der Waals surface area contributed by atoms with Crippen molar-refractivity contribution in [2.24, 2.45) is 0 Å². The maximum atomic E-state index is 11.4. The Morgan fingerprint density at radius 1 is 1.31 bits per heavy atom. The van der Waals surface area contributed by atoms with Crippen molar-refractivity contribution >= 4 is 11.9 Å². The monoisotopic (exact) mass is 379 g/mol. The molecule has 0 radical (unpaired) electrons. The van der Waals surface area contributed by atoms with Gasteiger partial charge in [-0.25, -0.2) is 4.79 Å². The number of carbonyl (C=O) groups is 2. The van der Waals surface area contributed by atoms with Crippen molar-refractivity contribution in [1.29, 1.82) is 0 Å². The van der Waals surface area contributed by atoms with Gasteiger partial charge in [-0.3, -0.25) is 4.79 Å². The Morgan fingerprint density at radius 3 is 2.42 bits per heavy atom. The summed E-state index contributed by atoms with van der Waals surface area (Å²) in [6, 6.07) is -1.59. The summed E-state index contributed by atoms with van der Waals surface area (Å²) in [5, 5.41) is 71.4. The first kappa shape index (κ1) is 20.4. The highest BCUT2D eigenvalue weighted by Gasteiger charge is 2.60. The van der Waals surface area contributed by atoms with E-state index in [1.165, 1.54) is 0 Å². The van der Waals surface area contributed by atoms with Gasteiger partial charge < -0.3 is 50.5 Å². The topological polar surface area (TPSA) is 206 Å². The van der Waals surface area contributed by atoms with Crippen LogP contribution < -0.4 is 5.32 Å². The van der Waals surface area contributed by atoms with E-state index in [9.17, 15) is 40.2 Å². The predicted molar refractivity (Wildman–Crippen MR) is 79.3 cm³/mol. The lowest BCUT2D eigenvalue weighted by Crippen LogP contribution is -2.73. The zero-order chi connectivity index (χ0) is 19.8. The maximum Gasteiger partial charge on any atom is 0.374 e. The van der Waals surface area contributed by atoms with Crippen molar-refractivity contribution < 1.29 is 54.8 Å². The van der Waals surface area contributed by atoms with E-state index in [0.29, 0.717) is 0 Å². The lowest BCUT2D eigenvalue weighted by molar-refractivity contribution is -0.346. The van der Waals surface area contributed by atoms with Crippen LogP contribution in [0.15, 0.2) is 11.5 Å². The molecule has 1 amide bonds. The second-order valence-corrected chi connectivity index (χ2v) is 6.15. The molecule has 0 saturated carbocycles. The Bertz CT molecular complexity index is 608. The largest absolute Gasteiger partial charge is 0.506 e. The fourth-order valence-corrected chi connectivity index (χ4v) is 3.05. The van der Waals surface area contributed by atoms with Crippen molar-refractivity contribution in [1.82, 2.24) is 5.32 Å². The molecule has 7 atom stereocenters. The number of aliphatic hydroxyl groups is 6. The minimum atomic E-state index is -2.74. The number of carboxylic acids is 1. The predicted octanol–water partition coefficient (Wildman–Crippen LogP) is -3.70. The summed E-state index contributed by atoms with van der Waals surface area (Å²) in [4.78, 5) is 22.6. The van der Waals surface area contributed by atoms with Crippen molar-refractivity contribution in [3.63, 3.8) is 0 Å². The SMILES string of the molecule is CC(=O)N[C@@H]1[C@@H](O)C[C@@H](CO)OC1(O)C1OC(C(=O)O)=C(O)[C@@H](O)[C@@H]1O. The fraction of sp³-hybridized carbons (Fsp3) is 0.714. The van der Waals surface area contributed by atoms with Crippen LogP contribution in [0.1, 0.15) is 13.3 Å². The summed E-state index contributed by atoms with van der Waals surface area (Å²) < 4.78 is 10.2. The van der Waals surface area contributed by atoms with Crippen LogP contribution in [0.3, 0.4) is 0 Å². The molecule has 26 heavy (non-hydrogen) atoms. The van der Waals surface area contributed by atoms with E-state index in [0.717, 1.165) is 6.92 Å². The Balaban J connectivity index is 2.48. The standard InChI is InChI=1S/C14H21NO11/c1-4(17)15-11-6(18)2-5(3-16)26-14(11,24)12-9(21)7(19)8(20)10(25-12)13(22)23/h5-7,9,11-12,16,18-21,24H,2-3H2,1H3,(H,15,17)(H,22,23)/t5-,6-,7+,9-,11+,12?,14?/m0/s1. The van der Waals surface area contributed by atoms with Crippen LogP contribution in [0.2, 0.25) is 0 Å². The highest BCUT2D eigenvalue weighted by atomic mass is 16.7. The molecule has 0 aromatic rings. The molecule has 0 bridgehead atoms. The molecule has 0 aliphatic carbocycles. The van der Waals surface area contributed by atoms with E-state index in [1.54, 1.807) is 0 Å². The average molecular weight is 379 g/mol. The lowest BCUT2D eigenvalue weighted by atomic mass is 9.84. The van der Waals surface area contributed by atoms with Gasteiger partial charge in [0.1, 0.15) is 18.2 Å². The Kier molecular flexibility index (Phi) is 5.75. The summed E-state index contributed by atoms with van der Waals surface area (Å²) in [5.41, 5.74) is 0. The highest BCUT2D eigenvalue weighted by Crippen LogP contribution is 2.38. The molecule has 1 fully saturated rings. The second kappa shape index (κ2) is 7.34. The Labute approximate surface area is 146 Å². The molecule has 2 aliphatic heterocycles. The first-order valence-corrected chi connectivity index (χ1v) is 7.68. The number of carboxylic acid groups (broad SMARTS) is 1. The molecule has 2 unspecified atom stereocenters. The van der Waals surface area contributed by atoms with Crippen LogP contribution >= 0.6 is 0 Å². The van der Waals surface area contributed by atoms with E-state index in [1.807, 2.05) is 0 Å². The minimum Gasteiger partial charge on any atom is -0.506 e. The van der Waals surface area contributed by atoms with E-state index in [-0.39, 0.29) is 6.42 Å². The van der Waals surface area contributed by atoms with Crippen LogP contribution in [-0.2, 0) is 19.1 Å². The van der Waals surface area contributed by atoms with Gasteiger partial charge in [-0.2, -0.15) is 0 Å². The van der Waals surface area contributed by atoms with Crippen LogP contribution in [0.4, 0.5) is 0 Å². The molecule has 0 aromatic heterocycles. The van der Waals surface area contributed by atoms with Gasteiger partial charge in [-0.15, -0.1) is 0 Å². The Hall–Kier alpha value is -1.96. The average Bonchev–Trinajstić information content (AvgIpc) is 2.55. The van der Waals surface area contributed by atoms with Gasteiger partial charge in [0.15, 0.2) is 11.9 Å². The minimum absolute atomic E-state index is 0.192. The summed E-state index contributed by atoms with van der Waals surface area (Å²) >= 11 is 0. The van der Waals surface area contributed by atoms with E-state index in [2.05, 4.69) is 5.32 Å². The smallest absolute Gasteiger partial charge is 0.374 e. The molecule has 2 aliphatic rings. The highest BCUT2D eigenvalue weighted by molar-refractivity contribution is 5.85. The number of amides is 1. The van der Waals surface area contributed by atoms with Gasteiger partial charge in [0.05, 0.1) is 18.8 Å². The van der Waals surface area contributed by atoms with Crippen molar-refractivity contribution in [3.8, 4) is 0 Å². The number of ether oxygens (including phenoxy) is 2. The molecule has 8 N–H and O–H groups in total. The number of aliphatic hydroxyl groups excluding tert-OH is 5. The molecular weight excluding hydrogens is 358 g/mol. The molecule has 148 valence electrons. The van der Waals surface area contributed by atoms with Gasteiger partial charge in [0.25, 0.3) is 0 Å². The molecule has 2 heterocycles. The van der Waals surface area contributed by atoms with Crippen LogP contribution in [0.5, 0.6) is 0 Å². The van der Waals surface area contributed by atoms with Crippen LogP contribution in [0.25, 0.3) is 0 Å². The zero-order valence-corrected chi connectivity index (χ0v) is 13.6. The van der Waals surface area contributed by atoms with Crippen LogP contribution in [-0.4, -0.2) is 96.6 Å². The molecule has 12 nitrogen and oxygen atoms in total. The molecule has 2 rings (SSSR count). The van der Waals surface area contributed by atoms with Crippen LogP contribution in [0, 0.1) is 0 Å². The van der Waals surface area contributed by atoms with Gasteiger partial charge in [-0.1, -0.05) is 0 Å². The third-order valence-corrected chi connectivity index (χ3v) is 4.25. The molecule has 1 saturated heterocycles. The summed E-state index contributed by atoms with van der Waals surface area (Å²) in [6.45, 7) is 0.428. The molecule has 0 aromatic carbocycles. The van der Waals surface area contributed by atoms with Gasteiger partial charge in [0.2, 0.25) is 17.5 Å². The van der Waals surface area contributed by atoms with E-state index in [4.69, 9.17) is 14.6 Å². The number of rotatable bonds is 4. The maximum absolute atomic E-state index is 11.4. The quantitative estimate of drug-likeness (QED) is 0.238. The fourth-order valence-electron chi connectivity index (χ4n) is 3.05. The lowest BCUT2D eigenvalue weighted by Gasteiger charge is -2.50. The zero-order valence-electron chi connectivity index (χ0n) is 13.6. The number of hydrogen-bond acceptors (Lipinski definition) is 10. The third-order valence-electron chi connectivity index (χ3n) is 4.25. The first-order valence-electron chi connectivity index (χ1n) is 7.68. The van der Waals surface area contributed by atoms with Crippen molar-refractivity contribution in [2.75, 3.05) is 6.61 Å². The third kappa shape index (κ3) is 3.47. The van der Waals surface area contributed by atoms with Crippen molar-refractivity contribution in [2.45, 2.75) is 55.7 Å². The first-order chi connectivity index (χ1) is 12.0. The second-order valence-electron chi connectivity index (χ2n) is 6.15. The Morgan fingerprint density at radius 2 is 1.92 bits per heavy atom. The number of aliphatic carboxylic acids is 1. The van der Waals surface area contributed by atoms with Gasteiger partial charge >= 0.3 is 5.97 Å². The summed E-state index contributed by atoms with van der Waals surface area (Å²) in [6.07, 6.45) is -9.04. The summed E-state index contributed by atoms with van der Waals surface area (Å²) in [7, 11) is 0. The van der Waals surface area contributed by atoms with E-state index < -0.39 is 72.4 Å². The number of nitrogens with one attached hydrogen (secondary N) is 1. The van der Waals surface area contributed by atoms with Gasteiger partial charge in [-0.05, 0) is 0 Å². The number of hydrogen-bond donors (Lipinski definition) is 8. The molecular formula is C14H21NO11.